The summed E-state index contributed by atoms with van der Waals surface area (Å²) in [5.41, 5.74) is 4.53. The average Bonchev–Trinajstić information content (AvgIpc) is 3.07. The predicted molar refractivity (Wildman–Crippen MR) is 131 cm³/mol. The quantitative estimate of drug-likeness (QED) is 0.366. The lowest BCUT2D eigenvalue weighted by Gasteiger charge is -2.26. The molecule has 1 atom stereocenters. The van der Waals surface area contributed by atoms with Gasteiger partial charge in [-0.25, -0.2) is 8.78 Å². The fraction of sp³-hybridized carbons (Fsp3) is 0.407. The summed E-state index contributed by atoms with van der Waals surface area (Å²) in [6.45, 7) is 10.0. The highest BCUT2D eigenvalue weighted by Crippen LogP contribution is 2.45. The van der Waals surface area contributed by atoms with Crippen LogP contribution in [0.5, 0.6) is 0 Å². The Balaban J connectivity index is 0.000000247. The third-order valence-electron chi connectivity index (χ3n) is 6.13. The number of aromatic amines is 1. The van der Waals surface area contributed by atoms with Gasteiger partial charge in [-0.2, -0.15) is 0 Å². The maximum Gasteiger partial charge on any atom is 0.147 e. The van der Waals surface area contributed by atoms with Crippen molar-refractivity contribution in [1.82, 2.24) is 15.6 Å². The summed E-state index contributed by atoms with van der Waals surface area (Å²) >= 11 is 0. The van der Waals surface area contributed by atoms with Gasteiger partial charge in [0, 0.05) is 18.5 Å². The number of fused-ring (bicyclic) bond motifs is 1. The van der Waals surface area contributed by atoms with E-state index >= 15 is 0 Å². The van der Waals surface area contributed by atoms with Gasteiger partial charge in [-0.3, -0.25) is 0 Å². The normalized spacial score (nSPS) is 14.3. The van der Waals surface area contributed by atoms with E-state index in [2.05, 4.69) is 42.1 Å². The number of halogens is 2. The molecule has 1 aliphatic rings. The monoisotopic (exact) mass is 439 g/mol. The van der Waals surface area contributed by atoms with Crippen LogP contribution in [0, 0.1) is 18.6 Å². The molecule has 0 spiro atoms. The fourth-order valence-electron chi connectivity index (χ4n) is 4.25. The smallest absolute Gasteiger partial charge is 0.147 e. The van der Waals surface area contributed by atoms with E-state index < -0.39 is 0 Å². The predicted octanol–water partition coefficient (Wildman–Crippen LogP) is 7.14. The van der Waals surface area contributed by atoms with Gasteiger partial charge in [0.2, 0.25) is 0 Å². The highest BCUT2D eigenvalue weighted by Gasteiger charge is 2.27. The second-order valence-corrected chi connectivity index (χ2v) is 8.78. The summed E-state index contributed by atoms with van der Waals surface area (Å²) in [7, 11) is 1.87. The minimum atomic E-state index is -0.257. The van der Waals surface area contributed by atoms with Crippen LogP contribution in [0.2, 0.25) is 0 Å². The van der Waals surface area contributed by atoms with Crippen molar-refractivity contribution in [2.24, 2.45) is 0 Å². The van der Waals surface area contributed by atoms with Crippen molar-refractivity contribution in [3.05, 3.63) is 71.6 Å². The van der Waals surface area contributed by atoms with Crippen LogP contribution in [0.25, 0.3) is 22.2 Å². The van der Waals surface area contributed by atoms with Crippen LogP contribution >= 0.6 is 0 Å². The number of nitrogens with one attached hydrogen (secondary N) is 3. The molecule has 1 aliphatic carbocycles. The average molecular weight is 440 g/mol. The standard InChI is InChI=1S/C19H17F2N.C8H18N2/c1-11-9-15-17(12-3-2-4-12)18(22-19(15)16(21)10-11)13-5-7-14(20)8-6-13;1-5-6-7(2)10-8(3)9-4/h5-10,12,22H,2-4H2,1H3;7,9-10H,3,5-6H2,1-2,4H3. The Kier molecular flexibility index (Phi) is 7.94. The van der Waals surface area contributed by atoms with Crippen LogP contribution < -0.4 is 10.6 Å². The lowest BCUT2D eigenvalue weighted by Crippen LogP contribution is -2.30. The summed E-state index contributed by atoms with van der Waals surface area (Å²) in [5, 5.41) is 7.15. The first-order valence-electron chi connectivity index (χ1n) is 11.5. The Morgan fingerprint density at radius 1 is 1.19 bits per heavy atom. The summed E-state index contributed by atoms with van der Waals surface area (Å²) in [5.74, 6) is 0.895. The molecule has 3 nitrogen and oxygen atoms in total. The molecule has 2 aromatic carbocycles. The number of benzene rings is 2. The molecule has 1 aromatic heterocycles. The molecule has 0 amide bonds. The number of hydrogen-bond donors (Lipinski definition) is 3. The summed E-state index contributed by atoms with van der Waals surface area (Å²) in [6.07, 6.45) is 5.90. The molecule has 0 saturated heterocycles. The van der Waals surface area contributed by atoms with Crippen LogP contribution in [-0.4, -0.2) is 18.1 Å². The number of H-pyrrole nitrogens is 1. The zero-order chi connectivity index (χ0) is 23.3. The molecular weight excluding hydrogens is 404 g/mol. The Hall–Kier alpha value is -2.82. The second-order valence-electron chi connectivity index (χ2n) is 8.78. The van der Waals surface area contributed by atoms with E-state index in [9.17, 15) is 8.78 Å². The second kappa shape index (κ2) is 10.7. The van der Waals surface area contributed by atoms with E-state index in [0.717, 1.165) is 40.9 Å². The number of rotatable bonds is 7. The lowest BCUT2D eigenvalue weighted by atomic mass is 9.78. The molecule has 3 N–H and O–H groups in total. The molecule has 1 unspecified atom stereocenters. The first kappa shape index (κ1) is 23.8. The summed E-state index contributed by atoms with van der Waals surface area (Å²) in [6, 6.07) is 10.6. The van der Waals surface area contributed by atoms with Gasteiger partial charge in [0.25, 0.3) is 0 Å². The van der Waals surface area contributed by atoms with E-state index in [1.807, 2.05) is 14.0 Å². The van der Waals surface area contributed by atoms with Gasteiger partial charge in [-0.1, -0.05) is 26.3 Å². The van der Waals surface area contributed by atoms with Gasteiger partial charge in [-0.05, 0) is 92.1 Å². The molecular formula is C27H35F2N3. The van der Waals surface area contributed by atoms with E-state index in [1.165, 1.54) is 37.0 Å². The third kappa shape index (κ3) is 5.50. The van der Waals surface area contributed by atoms with Crippen LogP contribution in [0.4, 0.5) is 8.78 Å². The van der Waals surface area contributed by atoms with Crippen molar-refractivity contribution in [3.63, 3.8) is 0 Å². The van der Waals surface area contributed by atoms with Gasteiger partial charge in [0.15, 0.2) is 0 Å². The molecule has 1 saturated carbocycles. The Labute approximate surface area is 190 Å². The van der Waals surface area contributed by atoms with Crippen molar-refractivity contribution < 1.29 is 8.78 Å². The highest BCUT2D eigenvalue weighted by molar-refractivity contribution is 5.92. The number of aryl methyl sites for hydroxylation is 1. The zero-order valence-electron chi connectivity index (χ0n) is 19.6. The Morgan fingerprint density at radius 2 is 1.88 bits per heavy atom. The van der Waals surface area contributed by atoms with Gasteiger partial charge in [0.1, 0.15) is 11.6 Å². The molecule has 32 heavy (non-hydrogen) atoms. The molecule has 1 heterocycles. The fourth-order valence-corrected chi connectivity index (χ4v) is 4.25. The number of hydrogen-bond acceptors (Lipinski definition) is 2. The van der Waals surface area contributed by atoms with Crippen molar-refractivity contribution in [2.75, 3.05) is 7.05 Å². The molecule has 3 aromatic rings. The SMILES string of the molecule is C=C(NC)NC(C)CCC.Cc1cc(F)c2[nH]c(-c3ccc(F)cc3)c(C3CCC3)c2c1. The van der Waals surface area contributed by atoms with Crippen LogP contribution in [0.1, 0.15) is 63.0 Å². The minimum Gasteiger partial charge on any atom is -0.375 e. The Bertz CT molecular complexity index is 1050. The van der Waals surface area contributed by atoms with E-state index in [1.54, 1.807) is 18.2 Å². The van der Waals surface area contributed by atoms with Crippen molar-refractivity contribution in [2.45, 2.75) is 64.8 Å². The topological polar surface area (TPSA) is 39.8 Å². The maximum atomic E-state index is 14.3. The largest absolute Gasteiger partial charge is 0.375 e. The molecule has 4 rings (SSSR count). The minimum absolute atomic E-state index is 0.219. The van der Waals surface area contributed by atoms with E-state index in [-0.39, 0.29) is 11.6 Å². The highest BCUT2D eigenvalue weighted by atomic mass is 19.1. The lowest BCUT2D eigenvalue weighted by molar-refractivity contribution is 0.423. The van der Waals surface area contributed by atoms with E-state index in [0.29, 0.717) is 17.5 Å². The molecule has 0 radical (unpaired) electrons. The van der Waals surface area contributed by atoms with Gasteiger partial charge in [-0.15, -0.1) is 0 Å². The first-order chi connectivity index (χ1) is 15.3. The van der Waals surface area contributed by atoms with Crippen molar-refractivity contribution >= 4 is 10.9 Å². The molecule has 5 heteroatoms. The van der Waals surface area contributed by atoms with Gasteiger partial charge >= 0.3 is 0 Å². The van der Waals surface area contributed by atoms with Crippen LogP contribution in [-0.2, 0) is 0 Å². The zero-order valence-corrected chi connectivity index (χ0v) is 19.6. The van der Waals surface area contributed by atoms with Gasteiger partial charge in [0.05, 0.1) is 17.0 Å². The third-order valence-corrected chi connectivity index (χ3v) is 6.13. The molecule has 172 valence electrons. The summed E-state index contributed by atoms with van der Waals surface area (Å²) < 4.78 is 27.5. The molecule has 1 fully saturated rings. The molecule has 0 bridgehead atoms. The number of aromatic nitrogens is 1. The van der Waals surface area contributed by atoms with Gasteiger partial charge < -0.3 is 15.6 Å². The summed E-state index contributed by atoms with van der Waals surface area (Å²) in [4.78, 5) is 3.25. The molecule has 0 aliphatic heterocycles. The maximum absolute atomic E-state index is 14.3. The van der Waals surface area contributed by atoms with Crippen LogP contribution in [0.15, 0.2) is 48.8 Å². The van der Waals surface area contributed by atoms with E-state index in [4.69, 9.17) is 0 Å². The van der Waals surface area contributed by atoms with Crippen LogP contribution in [0.3, 0.4) is 0 Å². The first-order valence-corrected chi connectivity index (χ1v) is 11.5. The Morgan fingerprint density at radius 3 is 2.44 bits per heavy atom. The van der Waals surface area contributed by atoms with Crippen molar-refractivity contribution in [3.8, 4) is 11.3 Å². The van der Waals surface area contributed by atoms with Crippen molar-refractivity contribution in [1.29, 1.82) is 0 Å².